The van der Waals surface area contributed by atoms with Crippen LogP contribution in [0.4, 0.5) is 24.7 Å². The topological polar surface area (TPSA) is 80.0 Å². The fourth-order valence-electron chi connectivity index (χ4n) is 2.05. The van der Waals surface area contributed by atoms with Gasteiger partial charge in [-0.2, -0.15) is 18.2 Å². The molecule has 0 radical (unpaired) electrons. The Kier molecular flexibility index (Phi) is 3.40. The molecule has 9 heteroatoms. The van der Waals surface area contributed by atoms with E-state index in [-0.39, 0.29) is 27.3 Å². The van der Waals surface area contributed by atoms with Gasteiger partial charge >= 0.3 is 11.9 Å². The van der Waals surface area contributed by atoms with Gasteiger partial charge in [-0.3, -0.25) is 0 Å². The average molecular weight is 322 g/mol. The van der Waals surface area contributed by atoms with E-state index >= 15 is 0 Å². The van der Waals surface area contributed by atoms with Crippen LogP contribution < -0.4 is 11.0 Å². The molecular formula is C14H9F3N4O2. The highest BCUT2D eigenvalue weighted by Gasteiger charge is 2.30. The molecule has 23 heavy (non-hydrogen) atoms. The van der Waals surface area contributed by atoms with Crippen LogP contribution in [-0.4, -0.2) is 19.9 Å². The fourth-order valence-corrected chi connectivity index (χ4v) is 2.05. The van der Waals surface area contributed by atoms with Gasteiger partial charge in [-0.25, -0.2) is 9.78 Å². The highest BCUT2D eigenvalue weighted by atomic mass is 19.4. The molecule has 0 fully saturated rings. The van der Waals surface area contributed by atoms with E-state index in [4.69, 9.17) is 0 Å². The Bertz CT molecular complexity index is 937. The number of halogens is 3. The van der Waals surface area contributed by atoms with Crippen molar-refractivity contribution in [1.29, 1.82) is 0 Å². The molecule has 2 N–H and O–H groups in total. The van der Waals surface area contributed by atoms with Crippen molar-refractivity contribution in [3.63, 3.8) is 0 Å². The van der Waals surface area contributed by atoms with Gasteiger partial charge in [-0.1, -0.05) is 6.07 Å². The number of hydrogen-bond acceptors (Lipinski definition) is 5. The molecule has 2 aromatic heterocycles. The standard InChI is InChI=1S/C14H9F3N4O2/c15-14(16,17)8-3-1-4-9(7-8)19-11-10-5-2-6-18-12(10)21(23)13(22)20-11/h1-7,23H,(H,19,20,22). The van der Waals surface area contributed by atoms with E-state index in [2.05, 4.69) is 15.3 Å². The number of hydrogen-bond donors (Lipinski definition) is 2. The number of benzene rings is 1. The van der Waals surface area contributed by atoms with Crippen LogP contribution in [0.1, 0.15) is 5.56 Å². The van der Waals surface area contributed by atoms with Gasteiger partial charge in [0.25, 0.3) is 0 Å². The first-order valence-electron chi connectivity index (χ1n) is 6.37. The zero-order chi connectivity index (χ0) is 16.6. The summed E-state index contributed by atoms with van der Waals surface area (Å²) in [7, 11) is 0. The summed E-state index contributed by atoms with van der Waals surface area (Å²) in [5.41, 5.74) is -1.78. The molecule has 0 aliphatic heterocycles. The second-order valence-corrected chi connectivity index (χ2v) is 4.63. The van der Waals surface area contributed by atoms with Gasteiger partial charge in [0.05, 0.1) is 10.9 Å². The molecule has 0 aliphatic carbocycles. The van der Waals surface area contributed by atoms with E-state index in [0.717, 1.165) is 12.1 Å². The molecule has 0 saturated heterocycles. The molecule has 0 bridgehead atoms. The second-order valence-electron chi connectivity index (χ2n) is 4.63. The lowest BCUT2D eigenvalue weighted by Crippen LogP contribution is -2.23. The maximum Gasteiger partial charge on any atom is 0.416 e. The van der Waals surface area contributed by atoms with Crippen molar-refractivity contribution in [3.8, 4) is 0 Å². The summed E-state index contributed by atoms with van der Waals surface area (Å²) >= 11 is 0. The number of anilines is 2. The number of rotatable bonds is 2. The van der Waals surface area contributed by atoms with Crippen LogP contribution in [0, 0.1) is 0 Å². The molecule has 0 unspecified atom stereocenters. The van der Waals surface area contributed by atoms with Crippen LogP contribution in [0.3, 0.4) is 0 Å². The molecule has 0 amide bonds. The summed E-state index contributed by atoms with van der Waals surface area (Å²) in [5, 5.41) is 12.5. The van der Waals surface area contributed by atoms with Crippen LogP contribution in [0.25, 0.3) is 11.0 Å². The SMILES string of the molecule is O=c1nc(Nc2cccc(C(F)(F)F)c2)c2cccnc2n1O. The monoisotopic (exact) mass is 322 g/mol. The second kappa shape index (κ2) is 5.27. The Labute approximate surface area is 126 Å². The minimum absolute atomic E-state index is 0.00252. The van der Waals surface area contributed by atoms with Crippen LogP contribution in [0.15, 0.2) is 47.4 Å². The molecule has 0 atom stereocenters. The summed E-state index contributed by atoms with van der Waals surface area (Å²) in [5.74, 6) is 0.00252. The zero-order valence-electron chi connectivity index (χ0n) is 11.4. The smallest absolute Gasteiger partial charge is 0.416 e. The lowest BCUT2D eigenvalue weighted by Gasteiger charge is -2.11. The van der Waals surface area contributed by atoms with Crippen molar-refractivity contribution in [2.45, 2.75) is 6.18 Å². The van der Waals surface area contributed by atoms with E-state index in [9.17, 15) is 23.2 Å². The number of nitrogens with one attached hydrogen (secondary N) is 1. The molecular weight excluding hydrogens is 313 g/mol. The third-order valence-electron chi connectivity index (χ3n) is 3.08. The van der Waals surface area contributed by atoms with Crippen molar-refractivity contribution in [1.82, 2.24) is 14.7 Å². The zero-order valence-corrected chi connectivity index (χ0v) is 11.4. The maximum atomic E-state index is 12.7. The van der Waals surface area contributed by atoms with Crippen LogP contribution in [-0.2, 0) is 6.18 Å². The highest BCUT2D eigenvalue weighted by molar-refractivity contribution is 5.88. The van der Waals surface area contributed by atoms with E-state index < -0.39 is 17.4 Å². The van der Waals surface area contributed by atoms with Crippen molar-refractivity contribution < 1.29 is 18.4 Å². The fraction of sp³-hybridized carbons (Fsp3) is 0.0714. The summed E-state index contributed by atoms with van der Waals surface area (Å²) in [6, 6.07) is 7.55. The molecule has 3 aromatic rings. The molecule has 0 spiro atoms. The number of nitrogens with zero attached hydrogens (tertiary/aromatic N) is 3. The maximum absolute atomic E-state index is 12.7. The number of pyridine rings is 1. The third-order valence-corrected chi connectivity index (χ3v) is 3.08. The van der Waals surface area contributed by atoms with E-state index in [1.54, 1.807) is 6.07 Å². The average Bonchev–Trinajstić information content (AvgIpc) is 2.52. The predicted octanol–water partition coefficient (Wildman–Crippen LogP) is 2.79. The van der Waals surface area contributed by atoms with Crippen molar-refractivity contribution in [2.75, 3.05) is 5.32 Å². The quantitative estimate of drug-likeness (QED) is 0.709. The van der Waals surface area contributed by atoms with Crippen LogP contribution in [0.2, 0.25) is 0 Å². The molecule has 118 valence electrons. The Morgan fingerprint density at radius 1 is 1.17 bits per heavy atom. The lowest BCUT2D eigenvalue weighted by atomic mass is 10.2. The Morgan fingerprint density at radius 2 is 1.96 bits per heavy atom. The van der Waals surface area contributed by atoms with E-state index in [0.29, 0.717) is 0 Å². The van der Waals surface area contributed by atoms with Gasteiger partial charge in [-0.15, -0.1) is 4.73 Å². The summed E-state index contributed by atoms with van der Waals surface area (Å²) in [4.78, 5) is 19.1. The Morgan fingerprint density at radius 3 is 2.70 bits per heavy atom. The summed E-state index contributed by atoms with van der Waals surface area (Å²) in [6.45, 7) is 0. The van der Waals surface area contributed by atoms with Crippen LogP contribution in [0.5, 0.6) is 0 Å². The Balaban J connectivity index is 2.09. The lowest BCUT2D eigenvalue weighted by molar-refractivity contribution is -0.137. The molecule has 6 nitrogen and oxygen atoms in total. The van der Waals surface area contributed by atoms with Crippen LogP contribution >= 0.6 is 0 Å². The number of aromatic nitrogens is 3. The van der Waals surface area contributed by atoms with Gasteiger partial charge in [0.1, 0.15) is 5.82 Å². The molecule has 0 aliphatic rings. The van der Waals surface area contributed by atoms with Gasteiger partial charge < -0.3 is 10.5 Å². The van der Waals surface area contributed by atoms with Gasteiger partial charge in [0.15, 0.2) is 5.65 Å². The van der Waals surface area contributed by atoms with Crippen molar-refractivity contribution in [2.24, 2.45) is 0 Å². The molecule has 2 heterocycles. The van der Waals surface area contributed by atoms with Gasteiger partial charge in [0.2, 0.25) is 0 Å². The predicted molar refractivity (Wildman–Crippen MR) is 75.7 cm³/mol. The first kappa shape index (κ1) is 14.8. The Hall–Kier alpha value is -3.10. The first-order chi connectivity index (χ1) is 10.9. The summed E-state index contributed by atoms with van der Waals surface area (Å²) in [6.07, 6.45) is -3.12. The molecule has 1 aromatic carbocycles. The molecule has 0 saturated carbocycles. The van der Waals surface area contributed by atoms with Gasteiger partial charge in [0, 0.05) is 11.9 Å². The van der Waals surface area contributed by atoms with E-state index in [1.165, 1.54) is 24.4 Å². The normalized spacial score (nSPS) is 11.6. The minimum atomic E-state index is -4.48. The van der Waals surface area contributed by atoms with Crippen molar-refractivity contribution >= 4 is 22.5 Å². The highest BCUT2D eigenvalue weighted by Crippen LogP contribution is 2.31. The molecule has 3 rings (SSSR count). The number of fused-ring (bicyclic) bond motifs is 1. The number of alkyl halides is 3. The largest absolute Gasteiger partial charge is 0.422 e. The van der Waals surface area contributed by atoms with E-state index in [1.807, 2.05) is 0 Å². The summed E-state index contributed by atoms with van der Waals surface area (Å²) < 4.78 is 38.5. The minimum Gasteiger partial charge on any atom is -0.422 e. The first-order valence-corrected chi connectivity index (χ1v) is 6.37. The van der Waals surface area contributed by atoms with Crippen molar-refractivity contribution in [3.05, 3.63) is 58.6 Å². The third kappa shape index (κ3) is 2.80. The van der Waals surface area contributed by atoms with Gasteiger partial charge in [-0.05, 0) is 30.3 Å².